The number of methoxy groups -OCH3 is 1. The average Bonchev–Trinajstić information content (AvgIpc) is 3.11. The van der Waals surface area contributed by atoms with Gasteiger partial charge in [-0.3, -0.25) is 4.68 Å². The molecule has 1 aromatic heterocycles. The van der Waals surface area contributed by atoms with Crippen molar-refractivity contribution in [2.45, 2.75) is 38.3 Å². The van der Waals surface area contributed by atoms with Gasteiger partial charge in [0.05, 0.1) is 30.9 Å². The zero-order chi connectivity index (χ0) is 18.9. The summed E-state index contributed by atoms with van der Waals surface area (Å²) in [6, 6.07) is 3.33. The summed E-state index contributed by atoms with van der Waals surface area (Å²) >= 11 is 0. The molecular formula is C18H25N3O4S. The molecule has 7 nitrogen and oxygen atoms in total. The van der Waals surface area contributed by atoms with Gasteiger partial charge in [0.2, 0.25) is 10.0 Å². The first-order valence-electron chi connectivity index (χ1n) is 8.66. The largest absolute Gasteiger partial charge is 0.496 e. The molecule has 1 fully saturated rings. The summed E-state index contributed by atoms with van der Waals surface area (Å²) in [4.78, 5) is 0.290. The Bertz CT molecular complexity index is 869. The molecule has 0 bridgehead atoms. The number of sulfonamides is 1. The molecular weight excluding hydrogens is 354 g/mol. The van der Waals surface area contributed by atoms with E-state index in [2.05, 4.69) is 5.10 Å². The molecule has 0 spiro atoms. The molecule has 142 valence electrons. The monoisotopic (exact) mass is 379 g/mol. The molecule has 3 rings (SSSR count). The van der Waals surface area contributed by atoms with E-state index in [4.69, 9.17) is 9.47 Å². The van der Waals surface area contributed by atoms with Gasteiger partial charge in [-0.25, -0.2) is 8.42 Å². The number of morpholine rings is 1. The van der Waals surface area contributed by atoms with Crippen LogP contribution in [0.15, 0.2) is 29.4 Å². The highest BCUT2D eigenvalue weighted by molar-refractivity contribution is 7.89. The maximum atomic E-state index is 13.1. The van der Waals surface area contributed by atoms with Crippen LogP contribution in [0.1, 0.15) is 29.7 Å². The van der Waals surface area contributed by atoms with Crippen LogP contribution < -0.4 is 4.74 Å². The summed E-state index contributed by atoms with van der Waals surface area (Å²) in [5.74, 6) is 0.718. The number of hydrogen-bond acceptors (Lipinski definition) is 5. The van der Waals surface area contributed by atoms with E-state index in [9.17, 15) is 8.42 Å². The second-order valence-electron chi connectivity index (χ2n) is 6.44. The van der Waals surface area contributed by atoms with Crippen molar-refractivity contribution in [3.63, 3.8) is 0 Å². The van der Waals surface area contributed by atoms with Gasteiger partial charge in [-0.1, -0.05) is 0 Å². The third-order valence-electron chi connectivity index (χ3n) is 4.65. The second kappa shape index (κ2) is 7.38. The van der Waals surface area contributed by atoms with Crippen LogP contribution in [0.3, 0.4) is 0 Å². The summed E-state index contributed by atoms with van der Waals surface area (Å²) in [7, 11) is -2.01. The highest BCUT2D eigenvalue weighted by Gasteiger charge is 2.32. The molecule has 2 aromatic rings. The van der Waals surface area contributed by atoms with Gasteiger partial charge in [-0.05, 0) is 44.0 Å². The molecule has 0 unspecified atom stereocenters. The summed E-state index contributed by atoms with van der Waals surface area (Å²) < 4.78 is 40.7. The number of aromatic nitrogens is 2. The van der Waals surface area contributed by atoms with E-state index in [0.717, 1.165) is 29.0 Å². The predicted octanol–water partition coefficient (Wildman–Crippen LogP) is 2.29. The Morgan fingerprint density at radius 2 is 2.00 bits per heavy atom. The molecule has 1 saturated heterocycles. The highest BCUT2D eigenvalue weighted by atomic mass is 32.2. The molecule has 1 aliphatic rings. The van der Waals surface area contributed by atoms with Crippen LogP contribution >= 0.6 is 0 Å². The average molecular weight is 379 g/mol. The summed E-state index contributed by atoms with van der Waals surface area (Å²) in [6.07, 6.45) is 3.34. The lowest BCUT2D eigenvalue weighted by atomic mass is 10.1. The predicted molar refractivity (Wildman–Crippen MR) is 97.8 cm³/mol. The van der Waals surface area contributed by atoms with Crippen molar-refractivity contribution in [3.8, 4) is 5.75 Å². The number of hydrogen-bond donors (Lipinski definition) is 0. The number of benzene rings is 1. The minimum Gasteiger partial charge on any atom is -0.496 e. The quantitative estimate of drug-likeness (QED) is 0.797. The molecule has 1 aromatic carbocycles. The maximum absolute atomic E-state index is 13.1. The normalized spacial score (nSPS) is 18.8. The van der Waals surface area contributed by atoms with Crippen molar-refractivity contribution in [3.05, 3.63) is 41.2 Å². The van der Waals surface area contributed by atoms with E-state index in [-0.39, 0.29) is 12.6 Å². The SMILES string of the molecule is CCn1cc([C@@H]2CN(S(=O)(=O)c3cc(C)c(OC)c(C)c3)CCO2)cn1. The second-order valence-corrected chi connectivity index (χ2v) is 8.38. The fourth-order valence-electron chi connectivity index (χ4n) is 3.29. The summed E-state index contributed by atoms with van der Waals surface area (Å²) in [5, 5.41) is 4.25. The van der Waals surface area contributed by atoms with Crippen LogP contribution in [0.25, 0.3) is 0 Å². The Kier molecular flexibility index (Phi) is 5.36. The van der Waals surface area contributed by atoms with Crippen molar-refractivity contribution in [2.75, 3.05) is 26.8 Å². The Morgan fingerprint density at radius 1 is 1.31 bits per heavy atom. The van der Waals surface area contributed by atoms with Crippen LogP contribution in [-0.4, -0.2) is 49.3 Å². The first kappa shape index (κ1) is 18.9. The van der Waals surface area contributed by atoms with Crippen LogP contribution in [0, 0.1) is 13.8 Å². The third kappa shape index (κ3) is 3.49. The minimum atomic E-state index is -3.60. The summed E-state index contributed by atoms with van der Waals surface area (Å²) in [6.45, 7) is 7.45. The molecule has 8 heteroatoms. The van der Waals surface area contributed by atoms with Crippen LogP contribution in [-0.2, 0) is 21.3 Å². The minimum absolute atomic E-state index is 0.280. The molecule has 1 aliphatic heterocycles. The van der Waals surface area contributed by atoms with E-state index in [1.54, 1.807) is 25.4 Å². The highest BCUT2D eigenvalue weighted by Crippen LogP contribution is 2.30. The molecule has 2 heterocycles. The number of ether oxygens (including phenoxy) is 2. The van der Waals surface area contributed by atoms with Crippen LogP contribution in [0.4, 0.5) is 0 Å². The smallest absolute Gasteiger partial charge is 0.243 e. The Balaban J connectivity index is 1.87. The van der Waals surface area contributed by atoms with Crippen molar-refractivity contribution < 1.29 is 17.9 Å². The lowest BCUT2D eigenvalue weighted by molar-refractivity contribution is -0.00260. The van der Waals surface area contributed by atoms with Gasteiger partial charge in [-0.2, -0.15) is 9.40 Å². The lowest BCUT2D eigenvalue weighted by Crippen LogP contribution is -2.42. The van der Waals surface area contributed by atoms with Crippen molar-refractivity contribution in [1.82, 2.24) is 14.1 Å². The fraction of sp³-hybridized carbons (Fsp3) is 0.500. The zero-order valence-corrected chi connectivity index (χ0v) is 16.4. The number of nitrogens with zero attached hydrogens (tertiary/aromatic N) is 3. The van der Waals surface area contributed by atoms with Crippen LogP contribution in [0.2, 0.25) is 0 Å². The first-order chi connectivity index (χ1) is 12.4. The summed E-state index contributed by atoms with van der Waals surface area (Å²) in [5.41, 5.74) is 2.51. The number of rotatable bonds is 5. The van der Waals surface area contributed by atoms with Gasteiger partial charge in [0.1, 0.15) is 5.75 Å². The van der Waals surface area contributed by atoms with Gasteiger partial charge < -0.3 is 9.47 Å². The van der Waals surface area contributed by atoms with Crippen molar-refractivity contribution in [1.29, 1.82) is 0 Å². The standard InChI is InChI=1S/C18H25N3O4S/c1-5-20-11-15(10-19-20)17-12-21(6-7-25-17)26(22,23)16-8-13(2)18(24-4)14(3)9-16/h8-11,17H,5-7,12H2,1-4H3/t17-/m0/s1. The van der Waals surface area contributed by atoms with Crippen LogP contribution in [0.5, 0.6) is 5.75 Å². The molecule has 1 atom stereocenters. The van der Waals surface area contributed by atoms with E-state index >= 15 is 0 Å². The van der Waals surface area contributed by atoms with Gasteiger partial charge in [-0.15, -0.1) is 0 Å². The van der Waals surface area contributed by atoms with Gasteiger partial charge in [0, 0.05) is 31.4 Å². The lowest BCUT2D eigenvalue weighted by Gasteiger charge is -2.32. The van der Waals surface area contributed by atoms with E-state index in [1.165, 1.54) is 4.31 Å². The molecule has 26 heavy (non-hydrogen) atoms. The van der Waals surface area contributed by atoms with Gasteiger partial charge in [0.15, 0.2) is 0 Å². The van der Waals surface area contributed by atoms with Crippen molar-refractivity contribution in [2.24, 2.45) is 0 Å². The molecule has 0 aliphatic carbocycles. The Labute approximate surface area is 154 Å². The number of aryl methyl sites for hydroxylation is 3. The van der Waals surface area contributed by atoms with Crippen molar-refractivity contribution >= 4 is 10.0 Å². The Hall–Kier alpha value is -1.90. The molecule has 0 saturated carbocycles. The third-order valence-corrected chi connectivity index (χ3v) is 6.50. The molecule has 0 N–H and O–H groups in total. The van der Waals surface area contributed by atoms with Gasteiger partial charge in [0.25, 0.3) is 0 Å². The molecule has 0 amide bonds. The zero-order valence-electron chi connectivity index (χ0n) is 15.6. The van der Waals surface area contributed by atoms with E-state index in [1.807, 2.05) is 31.6 Å². The molecule has 0 radical (unpaired) electrons. The fourth-order valence-corrected chi connectivity index (χ4v) is 4.89. The topological polar surface area (TPSA) is 73.7 Å². The van der Waals surface area contributed by atoms with Gasteiger partial charge >= 0.3 is 0 Å². The maximum Gasteiger partial charge on any atom is 0.243 e. The Morgan fingerprint density at radius 3 is 2.58 bits per heavy atom. The van der Waals surface area contributed by atoms with E-state index in [0.29, 0.717) is 18.0 Å². The van der Waals surface area contributed by atoms with E-state index < -0.39 is 10.0 Å². The first-order valence-corrected chi connectivity index (χ1v) is 10.1.